The highest BCUT2D eigenvalue weighted by atomic mass is 19.1. The van der Waals surface area contributed by atoms with Crippen LogP contribution in [0.3, 0.4) is 0 Å². The molecule has 4 amide bonds. The number of nitrogens with zero attached hydrogens (tertiary/aromatic N) is 2. The van der Waals surface area contributed by atoms with Gasteiger partial charge in [0.05, 0.1) is 0 Å². The fourth-order valence-electron chi connectivity index (χ4n) is 5.12. The van der Waals surface area contributed by atoms with Crippen LogP contribution in [0.5, 0.6) is 0 Å². The maximum atomic E-state index is 13.5. The molecule has 1 aliphatic carbocycles. The predicted molar refractivity (Wildman–Crippen MR) is 121 cm³/mol. The van der Waals surface area contributed by atoms with Crippen LogP contribution in [0, 0.1) is 11.7 Å². The molecule has 0 aromatic heterocycles. The van der Waals surface area contributed by atoms with Crippen LogP contribution in [0.2, 0.25) is 0 Å². The number of hydrazine groups is 1. The van der Waals surface area contributed by atoms with Crippen molar-refractivity contribution >= 4 is 17.8 Å². The van der Waals surface area contributed by atoms with E-state index in [-0.39, 0.29) is 36.3 Å². The van der Waals surface area contributed by atoms with Gasteiger partial charge in [-0.05, 0) is 68.6 Å². The summed E-state index contributed by atoms with van der Waals surface area (Å²) < 4.78 is 13.5. The second-order valence-electron chi connectivity index (χ2n) is 9.87. The van der Waals surface area contributed by atoms with Gasteiger partial charge in [-0.15, -0.1) is 0 Å². The first-order valence-electron chi connectivity index (χ1n) is 11.9. The molecule has 33 heavy (non-hydrogen) atoms. The zero-order valence-corrected chi connectivity index (χ0v) is 19.4. The molecule has 9 heteroatoms. The summed E-state index contributed by atoms with van der Waals surface area (Å²) in [6, 6.07) is 6.42. The lowest BCUT2D eigenvalue weighted by atomic mass is 9.77. The van der Waals surface area contributed by atoms with Gasteiger partial charge in [0.15, 0.2) is 0 Å². The molecule has 1 spiro atoms. The fourth-order valence-corrected chi connectivity index (χ4v) is 5.12. The molecule has 180 valence electrons. The Morgan fingerprint density at radius 3 is 2.73 bits per heavy atom. The van der Waals surface area contributed by atoms with E-state index in [4.69, 9.17) is 0 Å². The summed E-state index contributed by atoms with van der Waals surface area (Å²) >= 11 is 0. The lowest BCUT2D eigenvalue weighted by Crippen LogP contribution is -2.50. The third-order valence-electron chi connectivity index (χ3n) is 7.37. The van der Waals surface area contributed by atoms with Gasteiger partial charge in [-0.1, -0.05) is 19.1 Å². The molecule has 1 saturated carbocycles. The van der Waals surface area contributed by atoms with Crippen LogP contribution in [-0.4, -0.2) is 59.4 Å². The molecule has 8 nitrogen and oxygen atoms in total. The molecular weight excluding hydrogens is 425 g/mol. The molecule has 1 aromatic rings. The van der Waals surface area contributed by atoms with Gasteiger partial charge in [0.25, 0.3) is 5.91 Å². The second-order valence-corrected chi connectivity index (χ2v) is 9.87. The summed E-state index contributed by atoms with van der Waals surface area (Å²) in [6.07, 6.45) is 5.54. The van der Waals surface area contributed by atoms with Gasteiger partial charge in [-0.3, -0.25) is 25.3 Å². The number of halogens is 1. The van der Waals surface area contributed by atoms with Crippen LogP contribution < -0.4 is 16.2 Å². The van der Waals surface area contributed by atoms with Gasteiger partial charge in [0.1, 0.15) is 17.9 Å². The lowest BCUT2D eigenvalue weighted by Gasteiger charge is -2.33. The summed E-state index contributed by atoms with van der Waals surface area (Å²) in [6.45, 7) is 2.47. The normalized spacial score (nSPS) is 29.5. The molecule has 4 rings (SSSR count). The van der Waals surface area contributed by atoms with E-state index in [2.05, 4.69) is 23.1 Å². The van der Waals surface area contributed by atoms with E-state index >= 15 is 0 Å². The number of hydrogen-bond donors (Lipinski definition) is 3. The van der Waals surface area contributed by atoms with Crippen molar-refractivity contribution in [3.8, 4) is 0 Å². The first-order chi connectivity index (χ1) is 15.8. The number of urea groups is 1. The third kappa shape index (κ3) is 5.19. The number of imide groups is 1. The summed E-state index contributed by atoms with van der Waals surface area (Å²) in [4.78, 5) is 40.8. The van der Waals surface area contributed by atoms with Crippen molar-refractivity contribution in [3.05, 3.63) is 35.6 Å². The molecular formula is C24H34FN5O3. The van der Waals surface area contributed by atoms with Crippen LogP contribution in [0.4, 0.5) is 9.18 Å². The van der Waals surface area contributed by atoms with Gasteiger partial charge < -0.3 is 10.2 Å². The van der Waals surface area contributed by atoms with Crippen molar-refractivity contribution < 1.29 is 18.8 Å². The molecule has 3 aliphatic rings. The average molecular weight is 460 g/mol. The van der Waals surface area contributed by atoms with E-state index < -0.39 is 11.6 Å². The van der Waals surface area contributed by atoms with E-state index in [1.54, 1.807) is 24.1 Å². The van der Waals surface area contributed by atoms with Gasteiger partial charge in [-0.25, -0.2) is 9.18 Å². The SMILES string of the molecule is CC1CCC2(CC1)NC(=O)N(CC(=O)N(C)CCCC1CC(c3cccc(F)c3)NN1)C2=O. The number of carbonyl (C=O) groups excluding carboxylic acids is 3. The Kier molecular flexibility index (Phi) is 6.99. The van der Waals surface area contributed by atoms with Crippen molar-refractivity contribution in [2.45, 2.75) is 69.5 Å². The molecule has 2 atom stereocenters. The molecule has 2 unspecified atom stereocenters. The quantitative estimate of drug-likeness (QED) is 0.545. The summed E-state index contributed by atoms with van der Waals surface area (Å²) in [5.41, 5.74) is 6.56. The molecule has 2 heterocycles. The van der Waals surface area contributed by atoms with Crippen molar-refractivity contribution in [3.63, 3.8) is 0 Å². The minimum absolute atomic E-state index is 0.0554. The Balaban J connectivity index is 1.21. The van der Waals surface area contributed by atoms with Gasteiger partial charge in [0, 0.05) is 25.7 Å². The standard InChI is InChI=1S/C24H34FN5O3/c1-16-8-10-24(11-9-16)22(32)30(23(33)26-24)15-21(31)29(2)12-4-7-19-14-20(28-27-19)17-5-3-6-18(25)13-17/h3,5-6,13,16,19-20,27-28H,4,7-12,14-15H2,1-2H3,(H,26,33). The number of nitrogens with one attached hydrogen (secondary N) is 3. The maximum Gasteiger partial charge on any atom is 0.325 e. The lowest BCUT2D eigenvalue weighted by molar-refractivity contribution is -0.139. The molecule has 2 aliphatic heterocycles. The zero-order valence-electron chi connectivity index (χ0n) is 19.4. The number of rotatable bonds is 7. The number of amides is 4. The fraction of sp³-hybridized carbons (Fsp3) is 0.625. The Hall–Kier alpha value is -2.52. The average Bonchev–Trinajstić information content (AvgIpc) is 3.35. The molecule has 0 bridgehead atoms. The largest absolute Gasteiger partial charge is 0.344 e. The van der Waals surface area contributed by atoms with Gasteiger partial charge >= 0.3 is 6.03 Å². The van der Waals surface area contributed by atoms with Crippen molar-refractivity contribution in [2.24, 2.45) is 5.92 Å². The van der Waals surface area contributed by atoms with Gasteiger partial charge in [-0.2, -0.15) is 0 Å². The minimum atomic E-state index is -0.818. The Labute approximate surface area is 194 Å². The van der Waals surface area contributed by atoms with Crippen LogP contribution in [0.1, 0.15) is 63.5 Å². The van der Waals surface area contributed by atoms with E-state index in [9.17, 15) is 18.8 Å². The molecule has 3 N–H and O–H groups in total. The minimum Gasteiger partial charge on any atom is -0.344 e. The molecule has 3 fully saturated rings. The molecule has 1 aromatic carbocycles. The highest BCUT2D eigenvalue weighted by Gasteiger charge is 2.52. The first-order valence-corrected chi connectivity index (χ1v) is 11.9. The van der Waals surface area contributed by atoms with Crippen LogP contribution in [0.25, 0.3) is 0 Å². The van der Waals surface area contributed by atoms with E-state index in [1.165, 1.54) is 6.07 Å². The monoisotopic (exact) mass is 459 g/mol. The predicted octanol–water partition coefficient (Wildman–Crippen LogP) is 2.47. The van der Waals surface area contributed by atoms with Gasteiger partial charge in [0.2, 0.25) is 5.91 Å². The Bertz CT molecular complexity index is 902. The highest BCUT2D eigenvalue weighted by Crippen LogP contribution is 2.36. The topological polar surface area (TPSA) is 93.8 Å². The summed E-state index contributed by atoms with van der Waals surface area (Å²) in [7, 11) is 1.70. The van der Waals surface area contributed by atoms with Crippen LogP contribution >= 0.6 is 0 Å². The van der Waals surface area contributed by atoms with E-state index in [1.807, 2.05) is 6.07 Å². The van der Waals surface area contributed by atoms with Crippen molar-refractivity contribution in [1.29, 1.82) is 0 Å². The molecule has 2 saturated heterocycles. The maximum absolute atomic E-state index is 13.5. The Morgan fingerprint density at radius 1 is 1.24 bits per heavy atom. The zero-order chi connectivity index (χ0) is 23.6. The Morgan fingerprint density at radius 2 is 2.00 bits per heavy atom. The summed E-state index contributed by atoms with van der Waals surface area (Å²) in [5.74, 6) is -0.191. The first kappa shape index (κ1) is 23.6. The number of likely N-dealkylation sites (N-methyl/N-ethyl adjacent to an activating group) is 1. The van der Waals surface area contributed by atoms with E-state index in [0.29, 0.717) is 25.3 Å². The molecule has 0 radical (unpaired) electrons. The highest BCUT2D eigenvalue weighted by molar-refractivity contribution is 6.09. The van der Waals surface area contributed by atoms with Crippen molar-refractivity contribution in [1.82, 2.24) is 26.0 Å². The number of hydrogen-bond acceptors (Lipinski definition) is 5. The van der Waals surface area contributed by atoms with Crippen LogP contribution in [-0.2, 0) is 9.59 Å². The second kappa shape index (κ2) is 9.77. The van der Waals surface area contributed by atoms with Crippen LogP contribution in [0.15, 0.2) is 24.3 Å². The number of benzene rings is 1. The summed E-state index contributed by atoms with van der Waals surface area (Å²) in [5, 5.41) is 2.86. The third-order valence-corrected chi connectivity index (χ3v) is 7.37. The van der Waals surface area contributed by atoms with Crippen molar-refractivity contribution in [2.75, 3.05) is 20.1 Å². The van der Waals surface area contributed by atoms with E-state index in [0.717, 1.165) is 42.6 Å². The number of carbonyl (C=O) groups is 3. The smallest absolute Gasteiger partial charge is 0.325 e.